The number of hydrogen-bond donors (Lipinski definition) is 2. The average Bonchev–Trinajstić information content (AvgIpc) is 2.54. The highest BCUT2D eigenvalue weighted by atomic mass is 16.2. The summed E-state index contributed by atoms with van der Waals surface area (Å²) in [5.74, 6) is -0.290. The van der Waals surface area contributed by atoms with E-state index >= 15 is 0 Å². The molecule has 0 saturated carbocycles. The molecule has 0 aliphatic carbocycles. The third-order valence-corrected chi connectivity index (χ3v) is 3.44. The highest BCUT2D eigenvalue weighted by Crippen LogP contribution is 2.07. The van der Waals surface area contributed by atoms with Gasteiger partial charge in [0.2, 0.25) is 0 Å². The maximum absolute atomic E-state index is 12.1. The van der Waals surface area contributed by atoms with Crippen LogP contribution in [0.25, 0.3) is 11.0 Å². The van der Waals surface area contributed by atoms with Crippen LogP contribution in [0.4, 0.5) is 0 Å². The standard InChI is InChI=1S/C14H19N5O3/c1-15-5-4-6-16-12(20)9-7-10-11(17-8-9)18(2)14(22)19(3)13(10)21/h7-8,15H,4-6H2,1-3H3,(H,16,20). The van der Waals surface area contributed by atoms with Crippen LogP contribution < -0.4 is 21.9 Å². The van der Waals surface area contributed by atoms with Crippen LogP contribution in [0, 0.1) is 0 Å². The number of nitrogens with one attached hydrogen (secondary N) is 2. The smallest absolute Gasteiger partial charge is 0.332 e. The van der Waals surface area contributed by atoms with Crippen LogP contribution in [0.1, 0.15) is 16.8 Å². The van der Waals surface area contributed by atoms with E-state index in [1.807, 2.05) is 7.05 Å². The minimum atomic E-state index is -0.463. The van der Waals surface area contributed by atoms with Crippen LogP contribution in [0.3, 0.4) is 0 Å². The van der Waals surface area contributed by atoms with Crippen molar-refractivity contribution in [2.75, 3.05) is 20.1 Å². The van der Waals surface area contributed by atoms with Crippen molar-refractivity contribution in [1.82, 2.24) is 24.8 Å². The van der Waals surface area contributed by atoms with Crippen molar-refractivity contribution in [3.63, 3.8) is 0 Å². The molecule has 0 spiro atoms. The second-order valence-electron chi connectivity index (χ2n) is 5.01. The SMILES string of the molecule is CNCCCNC(=O)c1cnc2c(c1)c(=O)n(C)c(=O)n2C. The number of carbonyl (C=O) groups is 1. The maximum Gasteiger partial charge on any atom is 0.332 e. The lowest BCUT2D eigenvalue weighted by Crippen LogP contribution is -2.37. The summed E-state index contributed by atoms with van der Waals surface area (Å²) in [6.07, 6.45) is 2.17. The van der Waals surface area contributed by atoms with E-state index in [0.717, 1.165) is 17.5 Å². The molecule has 2 heterocycles. The van der Waals surface area contributed by atoms with Gasteiger partial charge in [-0.15, -0.1) is 0 Å². The van der Waals surface area contributed by atoms with Crippen molar-refractivity contribution < 1.29 is 4.79 Å². The summed E-state index contributed by atoms with van der Waals surface area (Å²) in [5.41, 5.74) is -0.350. The molecule has 0 bridgehead atoms. The van der Waals surface area contributed by atoms with Crippen molar-refractivity contribution in [3.05, 3.63) is 38.7 Å². The van der Waals surface area contributed by atoms with Gasteiger partial charge in [0.25, 0.3) is 11.5 Å². The number of fused-ring (bicyclic) bond motifs is 1. The first-order chi connectivity index (χ1) is 10.5. The van der Waals surface area contributed by atoms with Crippen molar-refractivity contribution in [1.29, 1.82) is 0 Å². The highest BCUT2D eigenvalue weighted by molar-refractivity contribution is 5.96. The largest absolute Gasteiger partial charge is 0.352 e. The average molecular weight is 305 g/mol. The molecular weight excluding hydrogens is 286 g/mol. The summed E-state index contributed by atoms with van der Waals surface area (Å²) < 4.78 is 2.28. The Balaban J connectivity index is 2.37. The third-order valence-electron chi connectivity index (χ3n) is 3.44. The minimum Gasteiger partial charge on any atom is -0.352 e. The summed E-state index contributed by atoms with van der Waals surface area (Å²) >= 11 is 0. The number of pyridine rings is 1. The predicted octanol–water partition coefficient (Wildman–Crippen LogP) is -1.03. The summed E-state index contributed by atoms with van der Waals surface area (Å²) in [4.78, 5) is 40.1. The molecule has 0 aliphatic heterocycles. The van der Waals surface area contributed by atoms with Gasteiger partial charge >= 0.3 is 5.69 Å². The fourth-order valence-electron chi connectivity index (χ4n) is 2.16. The molecule has 0 radical (unpaired) electrons. The number of hydrogen-bond acceptors (Lipinski definition) is 5. The first kappa shape index (κ1) is 15.9. The van der Waals surface area contributed by atoms with Crippen LogP contribution >= 0.6 is 0 Å². The Bertz CT molecular complexity index is 822. The molecule has 22 heavy (non-hydrogen) atoms. The van der Waals surface area contributed by atoms with E-state index in [0.29, 0.717) is 12.1 Å². The Morgan fingerprint density at radius 2 is 1.95 bits per heavy atom. The normalized spacial score (nSPS) is 10.9. The molecular formula is C14H19N5O3. The highest BCUT2D eigenvalue weighted by Gasteiger charge is 2.13. The van der Waals surface area contributed by atoms with Gasteiger partial charge in [-0.2, -0.15) is 0 Å². The van der Waals surface area contributed by atoms with Crippen molar-refractivity contribution >= 4 is 16.9 Å². The van der Waals surface area contributed by atoms with Crippen molar-refractivity contribution in [3.8, 4) is 0 Å². The third kappa shape index (κ3) is 2.91. The van der Waals surface area contributed by atoms with Crippen LogP contribution in [0.2, 0.25) is 0 Å². The van der Waals surface area contributed by atoms with E-state index in [4.69, 9.17) is 0 Å². The van der Waals surface area contributed by atoms with E-state index in [9.17, 15) is 14.4 Å². The molecule has 0 saturated heterocycles. The van der Waals surface area contributed by atoms with Crippen LogP contribution in [0.15, 0.2) is 21.9 Å². The topological polar surface area (TPSA) is 98.0 Å². The van der Waals surface area contributed by atoms with Gasteiger partial charge < -0.3 is 10.6 Å². The molecule has 1 amide bonds. The van der Waals surface area contributed by atoms with Gasteiger partial charge in [-0.3, -0.25) is 18.7 Å². The Kier molecular flexibility index (Phi) is 4.71. The number of aryl methyl sites for hydroxylation is 1. The van der Waals surface area contributed by atoms with Gasteiger partial charge in [-0.1, -0.05) is 0 Å². The number of nitrogens with zero attached hydrogens (tertiary/aromatic N) is 3. The fraction of sp³-hybridized carbons (Fsp3) is 0.429. The van der Waals surface area contributed by atoms with Crippen LogP contribution in [-0.2, 0) is 14.1 Å². The van der Waals surface area contributed by atoms with E-state index in [1.54, 1.807) is 0 Å². The first-order valence-electron chi connectivity index (χ1n) is 6.96. The van der Waals surface area contributed by atoms with E-state index in [1.165, 1.54) is 30.9 Å². The second kappa shape index (κ2) is 6.52. The summed E-state index contributed by atoms with van der Waals surface area (Å²) in [6.45, 7) is 1.34. The zero-order valence-corrected chi connectivity index (χ0v) is 12.8. The Morgan fingerprint density at radius 1 is 1.23 bits per heavy atom. The maximum atomic E-state index is 12.1. The van der Waals surface area contributed by atoms with Gasteiger partial charge in [-0.05, 0) is 26.1 Å². The summed E-state index contributed by atoms with van der Waals surface area (Å²) in [7, 11) is 4.78. The van der Waals surface area contributed by atoms with Gasteiger partial charge in [0.05, 0.1) is 10.9 Å². The second-order valence-corrected chi connectivity index (χ2v) is 5.01. The van der Waals surface area contributed by atoms with E-state index in [-0.39, 0.29) is 16.9 Å². The lowest BCUT2D eigenvalue weighted by Gasteiger charge is -2.08. The molecule has 2 N–H and O–H groups in total. The predicted molar refractivity (Wildman–Crippen MR) is 83.1 cm³/mol. The lowest BCUT2D eigenvalue weighted by atomic mass is 10.2. The molecule has 0 unspecified atom stereocenters. The quantitative estimate of drug-likeness (QED) is 0.689. The van der Waals surface area contributed by atoms with Gasteiger partial charge in [-0.25, -0.2) is 9.78 Å². The molecule has 8 nitrogen and oxygen atoms in total. The Morgan fingerprint density at radius 3 is 2.64 bits per heavy atom. The minimum absolute atomic E-state index is 0.243. The Labute approximate surface area is 126 Å². The molecule has 2 aromatic rings. The summed E-state index contributed by atoms with van der Waals surface area (Å²) in [5, 5.41) is 6.00. The first-order valence-corrected chi connectivity index (χ1v) is 6.96. The Hall–Kier alpha value is -2.48. The molecule has 8 heteroatoms. The number of rotatable bonds is 5. The van der Waals surface area contributed by atoms with E-state index < -0.39 is 11.2 Å². The number of carbonyl (C=O) groups excluding carboxylic acids is 1. The van der Waals surface area contributed by atoms with Crippen molar-refractivity contribution in [2.45, 2.75) is 6.42 Å². The van der Waals surface area contributed by atoms with Gasteiger partial charge in [0.15, 0.2) is 0 Å². The number of amides is 1. The van der Waals surface area contributed by atoms with Gasteiger partial charge in [0, 0.05) is 26.8 Å². The number of aromatic nitrogens is 3. The zero-order chi connectivity index (χ0) is 16.3. The van der Waals surface area contributed by atoms with Crippen LogP contribution in [0.5, 0.6) is 0 Å². The molecule has 0 aromatic carbocycles. The zero-order valence-electron chi connectivity index (χ0n) is 12.8. The molecule has 0 fully saturated rings. The van der Waals surface area contributed by atoms with E-state index in [2.05, 4.69) is 15.6 Å². The lowest BCUT2D eigenvalue weighted by molar-refractivity contribution is 0.0953. The molecule has 0 aliphatic rings. The monoisotopic (exact) mass is 305 g/mol. The molecule has 2 aromatic heterocycles. The van der Waals surface area contributed by atoms with Crippen molar-refractivity contribution in [2.24, 2.45) is 14.1 Å². The fourth-order valence-corrected chi connectivity index (χ4v) is 2.16. The molecule has 118 valence electrons. The van der Waals surface area contributed by atoms with Gasteiger partial charge in [0.1, 0.15) is 5.65 Å². The molecule has 2 rings (SSSR count). The molecule has 0 atom stereocenters. The summed E-state index contributed by atoms with van der Waals surface area (Å²) in [6, 6.07) is 1.47. The van der Waals surface area contributed by atoms with Crippen LogP contribution in [-0.4, -0.2) is 40.2 Å².